The molecule has 16 heavy (non-hydrogen) atoms. The van der Waals surface area contributed by atoms with Crippen molar-refractivity contribution in [3.05, 3.63) is 0 Å². The van der Waals surface area contributed by atoms with Gasteiger partial charge in [-0.05, 0) is 32.7 Å². The van der Waals surface area contributed by atoms with Gasteiger partial charge in [-0.1, -0.05) is 0 Å². The first-order chi connectivity index (χ1) is 7.73. The molecule has 0 bridgehead atoms. The average molecular weight is 223 g/mol. The number of nitrogens with one attached hydrogen (secondary N) is 1. The number of hydrogen-bond donors (Lipinski definition) is 1. The molecule has 4 heteroatoms. The standard InChI is InChI=1S/C12H21N3O/c1-14-12(9-13)5-3-10(7-12)15-6-4-11(8-15)16-2/h10-11,14H,3-8H2,1-2H3. The summed E-state index contributed by atoms with van der Waals surface area (Å²) in [5.41, 5.74) is -0.282. The van der Waals surface area contributed by atoms with E-state index in [0.717, 1.165) is 38.8 Å². The third kappa shape index (κ3) is 2.08. The van der Waals surface area contributed by atoms with Crippen molar-refractivity contribution in [2.24, 2.45) is 0 Å². The molecule has 1 saturated carbocycles. The summed E-state index contributed by atoms with van der Waals surface area (Å²) in [6.07, 6.45) is 4.58. The lowest BCUT2D eigenvalue weighted by Gasteiger charge is -2.25. The van der Waals surface area contributed by atoms with Gasteiger partial charge in [-0.2, -0.15) is 5.26 Å². The number of likely N-dealkylation sites (tertiary alicyclic amines) is 1. The van der Waals surface area contributed by atoms with E-state index >= 15 is 0 Å². The Morgan fingerprint density at radius 2 is 2.31 bits per heavy atom. The van der Waals surface area contributed by atoms with E-state index in [1.807, 2.05) is 7.05 Å². The second-order valence-corrected chi connectivity index (χ2v) is 4.98. The van der Waals surface area contributed by atoms with Gasteiger partial charge in [0.1, 0.15) is 5.54 Å². The Bertz CT molecular complexity index is 288. The summed E-state index contributed by atoms with van der Waals surface area (Å²) >= 11 is 0. The van der Waals surface area contributed by atoms with E-state index in [1.54, 1.807) is 7.11 Å². The molecule has 90 valence electrons. The molecular formula is C12H21N3O. The fraction of sp³-hybridized carbons (Fsp3) is 0.917. The van der Waals surface area contributed by atoms with E-state index in [9.17, 15) is 5.26 Å². The number of rotatable bonds is 3. The zero-order valence-electron chi connectivity index (χ0n) is 10.2. The third-order valence-electron chi connectivity index (χ3n) is 4.21. The molecule has 0 spiro atoms. The quantitative estimate of drug-likeness (QED) is 0.766. The van der Waals surface area contributed by atoms with Crippen molar-refractivity contribution >= 4 is 0 Å². The van der Waals surface area contributed by atoms with Crippen molar-refractivity contribution in [3.63, 3.8) is 0 Å². The van der Waals surface area contributed by atoms with Crippen LogP contribution in [0.2, 0.25) is 0 Å². The van der Waals surface area contributed by atoms with Crippen LogP contribution in [0.5, 0.6) is 0 Å². The molecule has 1 N–H and O–H groups in total. The van der Waals surface area contributed by atoms with Crippen LogP contribution in [0.3, 0.4) is 0 Å². The van der Waals surface area contributed by atoms with Crippen molar-refractivity contribution < 1.29 is 4.74 Å². The van der Waals surface area contributed by atoms with Crippen molar-refractivity contribution in [1.29, 1.82) is 5.26 Å². The third-order valence-corrected chi connectivity index (χ3v) is 4.21. The monoisotopic (exact) mass is 223 g/mol. The molecule has 4 nitrogen and oxygen atoms in total. The lowest BCUT2D eigenvalue weighted by atomic mass is 10.00. The molecule has 3 unspecified atom stereocenters. The molecule has 1 saturated heterocycles. The SMILES string of the molecule is CNC1(C#N)CCC(N2CCC(OC)C2)C1. The van der Waals surface area contributed by atoms with E-state index < -0.39 is 0 Å². The molecular weight excluding hydrogens is 202 g/mol. The zero-order chi connectivity index (χ0) is 11.6. The highest BCUT2D eigenvalue weighted by Gasteiger charge is 2.42. The maximum atomic E-state index is 9.22. The smallest absolute Gasteiger partial charge is 0.108 e. The Morgan fingerprint density at radius 1 is 1.50 bits per heavy atom. The molecule has 2 aliphatic rings. The van der Waals surface area contributed by atoms with Gasteiger partial charge in [-0.15, -0.1) is 0 Å². The lowest BCUT2D eigenvalue weighted by Crippen LogP contribution is -2.41. The first-order valence-electron chi connectivity index (χ1n) is 6.10. The maximum Gasteiger partial charge on any atom is 0.108 e. The zero-order valence-corrected chi connectivity index (χ0v) is 10.2. The summed E-state index contributed by atoms with van der Waals surface area (Å²) in [6.45, 7) is 2.15. The van der Waals surface area contributed by atoms with Gasteiger partial charge in [0.15, 0.2) is 0 Å². The highest BCUT2D eigenvalue weighted by molar-refractivity contribution is 5.13. The molecule has 2 rings (SSSR count). The number of nitriles is 1. The molecule has 2 fully saturated rings. The van der Waals surface area contributed by atoms with Crippen LogP contribution < -0.4 is 5.32 Å². The second-order valence-electron chi connectivity index (χ2n) is 4.98. The Hall–Kier alpha value is -0.630. The Kier molecular flexibility index (Phi) is 3.48. The highest BCUT2D eigenvalue weighted by Crippen LogP contribution is 2.34. The highest BCUT2D eigenvalue weighted by atomic mass is 16.5. The average Bonchev–Trinajstić information content (AvgIpc) is 2.96. The van der Waals surface area contributed by atoms with Gasteiger partial charge in [0.2, 0.25) is 0 Å². The minimum absolute atomic E-state index is 0.282. The van der Waals surface area contributed by atoms with E-state index in [2.05, 4.69) is 16.3 Å². The van der Waals surface area contributed by atoms with Crippen LogP contribution in [0.15, 0.2) is 0 Å². The van der Waals surface area contributed by atoms with Gasteiger partial charge in [0.25, 0.3) is 0 Å². The first kappa shape index (κ1) is 11.8. The second kappa shape index (κ2) is 4.70. The summed E-state index contributed by atoms with van der Waals surface area (Å²) in [6, 6.07) is 3.00. The molecule has 1 aliphatic heterocycles. The Morgan fingerprint density at radius 3 is 2.81 bits per heavy atom. The molecule has 1 aliphatic carbocycles. The fourth-order valence-corrected chi connectivity index (χ4v) is 2.99. The van der Waals surface area contributed by atoms with Crippen LogP contribution in [0.25, 0.3) is 0 Å². The van der Waals surface area contributed by atoms with Crippen molar-refractivity contribution in [2.45, 2.75) is 43.4 Å². The van der Waals surface area contributed by atoms with E-state index in [-0.39, 0.29) is 5.54 Å². The first-order valence-corrected chi connectivity index (χ1v) is 6.10. The van der Waals surface area contributed by atoms with E-state index in [1.165, 1.54) is 0 Å². The van der Waals surface area contributed by atoms with Crippen molar-refractivity contribution in [1.82, 2.24) is 10.2 Å². The Balaban J connectivity index is 1.92. The molecule has 0 aromatic heterocycles. The summed E-state index contributed by atoms with van der Waals surface area (Å²) in [5, 5.41) is 12.4. The van der Waals surface area contributed by atoms with Gasteiger partial charge in [0, 0.05) is 26.2 Å². The van der Waals surface area contributed by atoms with Gasteiger partial charge in [-0.3, -0.25) is 4.90 Å². The van der Waals surface area contributed by atoms with Gasteiger partial charge < -0.3 is 10.1 Å². The van der Waals surface area contributed by atoms with E-state index in [4.69, 9.17) is 4.74 Å². The van der Waals surface area contributed by atoms with Gasteiger partial charge in [0.05, 0.1) is 12.2 Å². The summed E-state index contributed by atoms with van der Waals surface area (Å²) in [5.74, 6) is 0. The van der Waals surface area contributed by atoms with Crippen molar-refractivity contribution in [2.75, 3.05) is 27.2 Å². The molecule has 3 atom stereocenters. The number of hydrogen-bond acceptors (Lipinski definition) is 4. The molecule has 0 aromatic rings. The van der Waals surface area contributed by atoms with Crippen LogP contribution in [0, 0.1) is 11.3 Å². The van der Waals surface area contributed by atoms with Crippen LogP contribution in [-0.4, -0.2) is 49.8 Å². The predicted molar refractivity (Wildman–Crippen MR) is 62.0 cm³/mol. The number of ether oxygens (including phenoxy) is 1. The number of methoxy groups -OCH3 is 1. The summed E-state index contributed by atoms with van der Waals surface area (Å²) < 4.78 is 5.38. The number of nitrogens with zero attached hydrogens (tertiary/aromatic N) is 2. The summed E-state index contributed by atoms with van der Waals surface area (Å²) in [7, 11) is 3.68. The van der Waals surface area contributed by atoms with Crippen LogP contribution >= 0.6 is 0 Å². The normalized spacial score (nSPS) is 40.1. The Labute approximate surface area is 97.6 Å². The lowest BCUT2D eigenvalue weighted by molar-refractivity contribution is 0.101. The molecule has 0 radical (unpaired) electrons. The minimum Gasteiger partial charge on any atom is -0.380 e. The minimum atomic E-state index is -0.282. The predicted octanol–water partition coefficient (Wildman–Crippen LogP) is 0.741. The van der Waals surface area contributed by atoms with Crippen LogP contribution in [0.1, 0.15) is 25.7 Å². The van der Waals surface area contributed by atoms with Crippen LogP contribution in [-0.2, 0) is 4.74 Å². The van der Waals surface area contributed by atoms with E-state index in [0.29, 0.717) is 12.1 Å². The topological polar surface area (TPSA) is 48.3 Å². The van der Waals surface area contributed by atoms with Gasteiger partial charge in [-0.25, -0.2) is 0 Å². The maximum absolute atomic E-state index is 9.22. The summed E-state index contributed by atoms with van der Waals surface area (Å²) in [4.78, 5) is 2.49. The molecule has 1 heterocycles. The van der Waals surface area contributed by atoms with Crippen molar-refractivity contribution in [3.8, 4) is 6.07 Å². The molecule has 0 amide bonds. The van der Waals surface area contributed by atoms with Crippen LogP contribution in [0.4, 0.5) is 0 Å². The largest absolute Gasteiger partial charge is 0.380 e. The molecule has 0 aromatic carbocycles. The fourth-order valence-electron chi connectivity index (χ4n) is 2.99. The van der Waals surface area contributed by atoms with Gasteiger partial charge >= 0.3 is 0 Å².